The molecule has 0 bridgehead atoms. The van der Waals surface area contributed by atoms with E-state index >= 15 is 0 Å². The van der Waals surface area contributed by atoms with Crippen LogP contribution in [-0.2, 0) is 20.9 Å². The van der Waals surface area contributed by atoms with Crippen molar-refractivity contribution in [1.82, 2.24) is 10.2 Å². The first-order valence-electron chi connectivity index (χ1n) is 13.4. The molecule has 3 aromatic carbocycles. The molecule has 1 fully saturated rings. The molecule has 2 amide bonds. The average Bonchev–Trinajstić information content (AvgIpc) is 3.79. The number of nitrogens with one attached hydrogen (secondary N) is 1. The van der Waals surface area contributed by atoms with Gasteiger partial charge in [0.1, 0.15) is 11.9 Å². The third-order valence-corrected chi connectivity index (χ3v) is 8.54. The van der Waals surface area contributed by atoms with Gasteiger partial charge in [0.05, 0.1) is 23.9 Å². The Hall–Kier alpha value is -4.70. The third kappa shape index (κ3) is 5.09. The number of nitrogens with zero attached hydrogens (tertiary/aromatic N) is 1. The van der Waals surface area contributed by atoms with Crippen LogP contribution in [0.2, 0.25) is 0 Å². The van der Waals surface area contributed by atoms with Crippen molar-refractivity contribution in [2.75, 3.05) is 13.9 Å². The minimum Gasteiger partial charge on any atom is -0.469 e. The first kappa shape index (κ1) is 27.5. The number of ether oxygens (including phenoxy) is 3. The van der Waals surface area contributed by atoms with Crippen molar-refractivity contribution in [1.29, 1.82) is 0 Å². The number of halogens is 1. The van der Waals surface area contributed by atoms with Gasteiger partial charge in [-0.2, -0.15) is 0 Å². The summed E-state index contributed by atoms with van der Waals surface area (Å²) in [6.45, 7) is 0.165. The number of fused-ring (bicyclic) bond motifs is 1. The molecule has 1 N–H and O–H groups in total. The molecule has 2 aliphatic rings. The fraction of sp³-hybridized carbons (Fsp3) is 0.219. The lowest BCUT2D eigenvalue weighted by Crippen LogP contribution is -2.48. The number of carbonyl (C=O) groups is 3. The van der Waals surface area contributed by atoms with Crippen LogP contribution in [0.15, 0.2) is 90.3 Å². The Balaban J connectivity index is 1.50. The van der Waals surface area contributed by atoms with Crippen molar-refractivity contribution < 1.29 is 33.0 Å². The predicted molar refractivity (Wildman–Crippen MR) is 153 cm³/mol. The van der Waals surface area contributed by atoms with Gasteiger partial charge in [0.2, 0.25) is 12.7 Å². The van der Waals surface area contributed by atoms with Crippen molar-refractivity contribution in [3.8, 4) is 11.5 Å². The van der Waals surface area contributed by atoms with Gasteiger partial charge in [0, 0.05) is 12.5 Å². The second-order valence-electron chi connectivity index (χ2n) is 10.0. The standard InChI is InChI=1S/C32H27FN2O6S/c1-39-32(38)27-26(20-6-3-2-4-7-20)29(30(36)34-17-19-9-12-22(33)13-10-19)35(31(37)25-8-5-15-42-25)28(27)21-11-14-23-24(16-21)41-18-40-23/h2-16,26-29H,17-18H2,1H3,(H,34,36). The molecule has 6 rings (SSSR count). The summed E-state index contributed by atoms with van der Waals surface area (Å²) in [6.07, 6.45) is 0. The molecular weight excluding hydrogens is 559 g/mol. The number of likely N-dealkylation sites (tertiary alicyclic amines) is 1. The predicted octanol–water partition coefficient (Wildman–Crippen LogP) is 5.07. The van der Waals surface area contributed by atoms with Gasteiger partial charge < -0.3 is 24.4 Å². The Morgan fingerprint density at radius 3 is 2.43 bits per heavy atom. The summed E-state index contributed by atoms with van der Waals surface area (Å²) in [5.74, 6) is -2.41. The molecule has 0 spiro atoms. The first-order chi connectivity index (χ1) is 20.5. The number of methoxy groups -OCH3 is 1. The molecule has 4 atom stereocenters. The second kappa shape index (κ2) is 11.7. The van der Waals surface area contributed by atoms with Crippen LogP contribution in [0, 0.1) is 11.7 Å². The highest BCUT2D eigenvalue weighted by atomic mass is 32.1. The Bertz CT molecular complexity index is 1600. The summed E-state index contributed by atoms with van der Waals surface area (Å²) in [5, 5.41) is 4.72. The number of esters is 1. The van der Waals surface area contributed by atoms with Gasteiger partial charge in [-0.1, -0.05) is 54.6 Å². The molecule has 0 radical (unpaired) electrons. The van der Waals surface area contributed by atoms with Gasteiger partial charge in [-0.3, -0.25) is 14.4 Å². The van der Waals surface area contributed by atoms with Crippen molar-refractivity contribution in [2.24, 2.45) is 5.92 Å². The van der Waals surface area contributed by atoms with E-state index in [1.54, 1.807) is 47.8 Å². The van der Waals surface area contributed by atoms with Gasteiger partial charge in [0.15, 0.2) is 11.5 Å². The van der Waals surface area contributed by atoms with Gasteiger partial charge >= 0.3 is 5.97 Å². The lowest BCUT2D eigenvalue weighted by atomic mass is 9.79. The Morgan fingerprint density at radius 1 is 0.952 bits per heavy atom. The normalized spacial score (nSPS) is 20.8. The van der Waals surface area contributed by atoms with Gasteiger partial charge in [0.25, 0.3) is 5.91 Å². The maximum absolute atomic E-state index is 14.3. The highest BCUT2D eigenvalue weighted by molar-refractivity contribution is 7.12. The smallest absolute Gasteiger partial charge is 0.311 e. The molecule has 4 aromatic rings. The SMILES string of the molecule is COC(=O)C1C(c2ccccc2)C(C(=O)NCc2ccc(F)cc2)N(C(=O)c2cccs2)C1c1ccc2c(c1)OCO2. The Morgan fingerprint density at radius 2 is 1.71 bits per heavy atom. The second-order valence-corrected chi connectivity index (χ2v) is 11.0. The van der Waals surface area contributed by atoms with E-state index in [9.17, 15) is 18.8 Å². The quantitative estimate of drug-likeness (QED) is 0.304. The molecule has 2 aliphatic heterocycles. The average molecular weight is 587 g/mol. The Labute approximate surface area is 245 Å². The van der Waals surface area contributed by atoms with Gasteiger partial charge in [-0.15, -0.1) is 11.3 Å². The molecule has 8 nitrogen and oxygen atoms in total. The number of hydrogen-bond acceptors (Lipinski definition) is 7. The van der Waals surface area contributed by atoms with E-state index in [0.29, 0.717) is 33.1 Å². The fourth-order valence-corrected chi connectivity index (χ4v) is 6.49. The summed E-state index contributed by atoms with van der Waals surface area (Å²) >= 11 is 1.25. The van der Waals surface area contributed by atoms with Crippen LogP contribution >= 0.6 is 11.3 Å². The van der Waals surface area contributed by atoms with Crippen LogP contribution in [-0.4, -0.2) is 42.6 Å². The topological polar surface area (TPSA) is 94.2 Å². The molecule has 1 saturated heterocycles. The molecule has 214 valence electrons. The van der Waals surface area contributed by atoms with Crippen molar-refractivity contribution in [3.63, 3.8) is 0 Å². The molecule has 4 unspecified atom stereocenters. The van der Waals surface area contributed by atoms with Crippen LogP contribution < -0.4 is 14.8 Å². The molecule has 3 heterocycles. The van der Waals surface area contributed by atoms with E-state index in [1.165, 1.54) is 35.5 Å². The van der Waals surface area contributed by atoms with E-state index in [1.807, 2.05) is 30.3 Å². The van der Waals surface area contributed by atoms with Crippen LogP contribution in [0.4, 0.5) is 4.39 Å². The highest BCUT2D eigenvalue weighted by Gasteiger charge is 2.58. The van der Waals surface area contributed by atoms with E-state index in [0.717, 1.165) is 0 Å². The number of thiophene rings is 1. The molecular formula is C32H27FN2O6S. The maximum Gasteiger partial charge on any atom is 0.311 e. The zero-order valence-electron chi connectivity index (χ0n) is 22.6. The summed E-state index contributed by atoms with van der Waals surface area (Å²) in [4.78, 5) is 44.1. The van der Waals surface area contributed by atoms with E-state index < -0.39 is 35.8 Å². The summed E-state index contributed by atoms with van der Waals surface area (Å²) < 4.78 is 29.9. The summed E-state index contributed by atoms with van der Waals surface area (Å²) in [7, 11) is 1.30. The van der Waals surface area contributed by atoms with E-state index in [-0.39, 0.29) is 25.1 Å². The Kier molecular flexibility index (Phi) is 7.62. The zero-order chi connectivity index (χ0) is 29.2. The lowest BCUT2D eigenvalue weighted by molar-refractivity contribution is -0.146. The van der Waals surface area contributed by atoms with Crippen LogP contribution in [0.25, 0.3) is 0 Å². The van der Waals surface area contributed by atoms with Crippen molar-refractivity contribution in [3.05, 3.63) is 118 Å². The maximum atomic E-state index is 14.3. The van der Waals surface area contributed by atoms with Crippen LogP contribution in [0.5, 0.6) is 11.5 Å². The number of hydrogen-bond donors (Lipinski definition) is 1. The minimum absolute atomic E-state index is 0.0583. The van der Waals surface area contributed by atoms with Gasteiger partial charge in [-0.25, -0.2) is 4.39 Å². The van der Waals surface area contributed by atoms with Crippen molar-refractivity contribution >= 4 is 29.1 Å². The summed E-state index contributed by atoms with van der Waals surface area (Å²) in [5.41, 5.74) is 2.00. The molecule has 10 heteroatoms. The number of amides is 2. The number of benzene rings is 3. The first-order valence-corrected chi connectivity index (χ1v) is 14.2. The summed E-state index contributed by atoms with van der Waals surface area (Å²) in [6, 6.07) is 21.8. The third-order valence-electron chi connectivity index (χ3n) is 7.68. The lowest BCUT2D eigenvalue weighted by Gasteiger charge is -2.31. The molecule has 1 aromatic heterocycles. The highest BCUT2D eigenvalue weighted by Crippen LogP contribution is 2.52. The van der Waals surface area contributed by atoms with Gasteiger partial charge in [-0.05, 0) is 52.4 Å². The van der Waals surface area contributed by atoms with E-state index in [2.05, 4.69) is 5.32 Å². The van der Waals surface area contributed by atoms with E-state index in [4.69, 9.17) is 14.2 Å². The zero-order valence-corrected chi connectivity index (χ0v) is 23.4. The molecule has 42 heavy (non-hydrogen) atoms. The minimum atomic E-state index is -1.08. The van der Waals surface area contributed by atoms with Crippen LogP contribution in [0.3, 0.4) is 0 Å². The number of carbonyl (C=O) groups excluding carboxylic acids is 3. The number of rotatable bonds is 7. The van der Waals surface area contributed by atoms with Crippen LogP contribution in [0.1, 0.15) is 38.3 Å². The largest absolute Gasteiger partial charge is 0.469 e. The van der Waals surface area contributed by atoms with Crippen molar-refractivity contribution in [2.45, 2.75) is 24.5 Å². The fourth-order valence-electron chi connectivity index (χ4n) is 5.82. The molecule has 0 aliphatic carbocycles. The molecule has 0 saturated carbocycles. The monoisotopic (exact) mass is 586 g/mol.